The maximum atomic E-state index is 13.1. The van der Waals surface area contributed by atoms with E-state index in [0.717, 1.165) is 22.4 Å². The molecule has 4 aromatic rings. The van der Waals surface area contributed by atoms with Gasteiger partial charge in [-0.15, -0.1) is 0 Å². The number of fused-ring (bicyclic) bond motifs is 1. The van der Waals surface area contributed by atoms with Gasteiger partial charge in [0.25, 0.3) is 0 Å². The standard InChI is InChI=1S/C27H31BN6O4S/c1-27(2,3)38-26(35)33-14-13-20(17-33)32-39(36,37)21-11-9-19(10-12-21)30-24-15-23(18-7-5-4-6-8-18)31-25-22(28)16-29-34(24)25/h4-12,15-16,20,30,32H,13-14,17,28H2,1-3H3/t20-/m1/s1. The Bertz CT molecular complexity index is 1600. The SMILES string of the molecule is Bc1cnn2c(Nc3ccc(S(=O)(=O)N[C@@H]4CCN(C(=O)OC(C)(C)C)C4)cc3)cc(-c3ccccc3)nc12. The van der Waals surface area contributed by atoms with Crippen molar-refractivity contribution in [2.75, 3.05) is 18.4 Å². The van der Waals surface area contributed by atoms with Gasteiger partial charge in [0, 0.05) is 42.6 Å². The molecule has 0 aliphatic carbocycles. The number of aromatic nitrogens is 3. The first-order valence-electron chi connectivity index (χ1n) is 12.8. The van der Waals surface area contributed by atoms with Crippen molar-refractivity contribution in [1.82, 2.24) is 24.2 Å². The fourth-order valence-electron chi connectivity index (χ4n) is 4.42. The molecular formula is C27H31BN6O4S. The molecule has 10 nitrogen and oxygen atoms in total. The summed E-state index contributed by atoms with van der Waals surface area (Å²) >= 11 is 0. The van der Waals surface area contributed by atoms with E-state index in [4.69, 9.17) is 9.72 Å². The summed E-state index contributed by atoms with van der Waals surface area (Å²) in [5.41, 5.74) is 3.56. The van der Waals surface area contributed by atoms with Gasteiger partial charge in [0.05, 0.1) is 10.6 Å². The third-order valence-electron chi connectivity index (χ3n) is 6.32. The van der Waals surface area contributed by atoms with Crippen LogP contribution in [0.3, 0.4) is 0 Å². The molecule has 0 unspecified atom stereocenters. The number of rotatable bonds is 6. The summed E-state index contributed by atoms with van der Waals surface area (Å²) in [4.78, 5) is 18.8. The van der Waals surface area contributed by atoms with Gasteiger partial charge in [0.1, 0.15) is 19.3 Å². The fraction of sp³-hybridized carbons (Fsp3) is 0.296. The number of nitrogens with one attached hydrogen (secondary N) is 2. The normalized spacial score (nSPS) is 16.0. The van der Waals surface area contributed by atoms with Crippen LogP contribution in [0.15, 0.2) is 71.8 Å². The molecule has 1 fully saturated rings. The second kappa shape index (κ2) is 10.3. The number of sulfonamides is 1. The highest BCUT2D eigenvalue weighted by Gasteiger charge is 2.32. The molecule has 0 bridgehead atoms. The van der Waals surface area contributed by atoms with Crippen molar-refractivity contribution in [1.29, 1.82) is 0 Å². The van der Waals surface area contributed by atoms with Crippen molar-refractivity contribution < 1.29 is 17.9 Å². The van der Waals surface area contributed by atoms with Crippen LogP contribution < -0.4 is 15.5 Å². The van der Waals surface area contributed by atoms with Crippen molar-refractivity contribution in [3.63, 3.8) is 0 Å². The monoisotopic (exact) mass is 546 g/mol. The van der Waals surface area contributed by atoms with E-state index >= 15 is 0 Å². The molecule has 202 valence electrons. The number of nitrogens with zero attached hydrogens (tertiary/aromatic N) is 4. The molecule has 12 heteroatoms. The van der Waals surface area contributed by atoms with Crippen molar-refractivity contribution in [3.05, 3.63) is 66.9 Å². The molecule has 5 rings (SSSR count). The van der Waals surface area contributed by atoms with E-state index in [1.54, 1.807) is 55.7 Å². The summed E-state index contributed by atoms with van der Waals surface area (Å²) in [5, 5.41) is 7.80. The topological polar surface area (TPSA) is 118 Å². The highest BCUT2D eigenvalue weighted by molar-refractivity contribution is 7.89. The Balaban J connectivity index is 1.30. The largest absolute Gasteiger partial charge is 0.444 e. The average Bonchev–Trinajstić information content (AvgIpc) is 3.50. The Hall–Kier alpha value is -3.90. The molecule has 0 spiro atoms. The number of carbonyl (C=O) groups is 1. The number of ether oxygens (including phenoxy) is 1. The third-order valence-corrected chi connectivity index (χ3v) is 7.85. The van der Waals surface area contributed by atoms with Crippen LogP contribution in [0.1, 0.15) is 27.2 Å². The third kappa shape index (κ3) is 6.07. The van der Waals surface area contributed by atoms with Gasteiger partial charge in [0.2, 0.25) is 10.0 Å². The van der Waals surface area contributed by atoms with E-state index in [9.17, 15) is 13.2 Å². The molecule has 1 aliphatic heterocycles. The molecule has 0 saturated carbocycles. The van der Waals surface area contributed by atoms with E-state index in [1.807, 2.05) is 44.2 Å². The lowest BCUT2D eigenvalue weighted by molar-refractivity contribution is 0.0292. The minimum Gasteiger partial charge on any atom is -0.444 e. The van der Waals surface area contributed by atoms with Crippen molar-refractivity contribution >= 4 is 46.6 Å². The molecular weight excluding hydrogens is 515 g/mol. The lowest BCUT2D eigenvalue weighted by Gasteiger charge is -2.24. The molecule has 3 heterocycles. The van der Waals surface area contributed by atoms with Crippen molar-refractivity contribution in [2.24, 2.45) is 0 Å². The summed E-state index contributed by atoms with van der Waals surface area (Å²) in [6.07, 6.45) is 1.84. The number of anilines is 2. The highest BCUT2D eigenvalue weighted by Crippen LogP contribution is 2.25. The molecule has 2 N–H and O–H groups in total. The van der Waals surface area contributed by atoms with Crippen LogP contribution in [0.5, 0.6) is 0 Å². The summed E-state index contributed by atoms with van der Waals surface area (Å²) in [6, 6.07) is 17.9. The maximum Gasteiger partial charge on any atom is 0.410 e. The van der Waals surface area contributed by atoms with Crippen LogP contribution in [0.25, 0.3) is 16.9 Å². The van der Waals surface area contributed by atoms with E-state index < -0.39 is 21.7 Å². The number of carbonyl (C=O) groups excluding carboxylic acids is 1. The van der Waals surface area contributed by atoms with Gasteiger partial charge in [-0.3, -0.25) is 0 Å². The zero-order valence-corrected chi connectivity index (χ0v) is 23.2. The first-order valence-corrected chi connectivity index (χ1v) is 14.2. The number of likely N-dealkylation sites (tertiary alicyclic amines) is 1. The molecule has 39 heavy (non-hydrogen) atoms. The second-order valence-corrected chi connectivity index (χ2v) is 12.4. The number of benzene rings is 2. The highest BCUT2D eigenvalue weighted by atomic mass is 32.2. The molecule has 1 atom stereocenters. The Morgan fingerprint density at radius 1 is 1.10 bits per heavy atom. The van der Waals surface area contributed by atoms with Crippen molar-refractivity contribution in [2.45, 2.75) is 43.7 Å². The second-order valence-electron chi connectivity index (χ2n) is 10.6. The van der Waals surface area contributed by atoms with Gasteiger partial charge in [-0.2, -0.15) is 9.61 Å². The van der Waals surface area contributed by atoms with Gasteiger partial charge < -0.3 is 15.0 Å². The summed E-state index contributed by atoms with van der Waals surface area (Å²) in [7, 11) is -1.82. The van der Waals surface area contributed by atoms with Crippen LogP contribution >= 0.6 is 0 Å². The minimum absolute atomic E-state index is 0.142. The Labute approximate surface area is 228 Å². The van der Waals surface area contributed by atoms with E-state index in [-0.39, 0.29) is 17.5 Å². The smallest absolute Gasteiger partial charge is 0.410 e. The van der Waals surface area contributed by atoms with Gasteiger partial charge in [-0.1, -0.05) is 30.3 Å². The van der Waals surface area contributed by atoms with E-state index in [1.165, 1.54) is 4.90 Å². The van der Waals surface area contributed by atoms with E-state index in [2.05, 4.69) is 15.1 Å². The lowest BCUT2D eigenvalue weighted by Crippen LogP contribution is -2.40. The van der Waals surface area contributed by atoms with Gasteiger partial charge in [-0.25, -0.2) is 22.9 Å². The first kappa shape index (κ1) is 26.7. The predicted molar refractivity (Wildman–Crippen MR) is 153 cm³/mol. The molecule has 1 aliphatic rings. The Morgan fingerprint density at radius 2 is 1.82 bits per heavy atom. The van der Waals surface area contributed by atoms with Gasteiger partial charge in [-0.05, 0) is 56.9 Å². The van der Waals surface area contributed by atoms with Crippen molar-refractivity contribution in [3.8, 4) is 11.3 Å². The minimum atomic E-state index is -3.78. The summed E-state index contributed by atoms with van der Waals surface area (Å²) < 4.78 is 36.0. The van der Waals surface area contributed by atoms with Crippen LogP contribution in [-0.2, 0) is 14.8 Å². The average molecular weight is 546 g/mol. The Morgan fingerprint density at radius 3 is 2.51 bits per heavy atom. The molecule has 2 aromatic heterocycles. The summed E-state index contributed by atoms with van der Waals surface area (Å²) in [6.45, 7) is 6.10. The molecule has 1 amide bonds. The first-order chi connectivity index (χ1) is 18.5. The number of hydrogen-bond acceptors (Lipinski definition) is 7. The predicted octanol–water partition coefficient (Wildman–Crippen LogP) is 2.69. The van der Waals surface area contributed by atoms with Gasteiger partial charge >= 0.3 is 6.09 Å². The van der Waals surface area contributed by atoms with Crippen LogP contribution in [0.4, 0.5) is 16.3 Å². The maximum absolute atomic E-state index is 13.1. The zero-order valence-electron chi connectivity index (χ0n) is 22.4. The zero-order chi connectivity index (χ0) is 27.8. The Kier molecular flexibility index (Phi) is 7.08. The molecule has 0 radical (unpaired) electrons. The van der Waals surface area contributed by atoms with Crippen LogP contribution in [0, 0.1) is 0 Å². The van der Waals surface area contributed by atoms with Crippen LogP contribution in [0.2, 0.25) is 0 Å². The quantitative estimate of drug-likeness (QED) is 0.357. The summed E-state index contributed by atoms with van der Waals surface area (Å²) in [5.74, 6) is 0.703. The fourth-order valence-corrected chi connectivity index (χ4v) is 5.68. The van der Waals surface area contributed by atoms with E-state index in [0.29, 0.717) is 24.5 Å². The number of amides is 1. The lowest BCUT2D eigenvalue weighted by atomic mass is 10.0. The molecule has 1 saturated heterocycles. The molecule has 2 aromatic carbocycles. The van der Waals surface area contributed by atoms with Crippen LogP contribution in [-0.4, -0.2) is 66.6 Å². The number of hydrogen-bond donors (Lipinski definition) is 2. The van der Waals surface area contributed by atoms with Gasteiger partial charge in [0.15, 0.2) is 5.65 Å².